The third-order valence-corrected chi connectivity index (χ3v) is 4.66. The van der Waals surface area contributed by atoms with Crippen LogP contribution in [0.4, 0.5) is 11.6 Å². The van der Waals surface area contributed by atoms with Crippen molar-refractivity contribution in [2.45, 2.75) is 46.1 Å². The van der Waals surface area contributed by atoms with Gasteiger partial charge in [-0.15, -0.1) is 0 Å². The van der Waals surface area contributed by atoms with E-state index in [1.165, 1.54) is 0 Å². The van der Waals surface area contributed by atoms with Crippen molar-refractivity contribution in [3.05, 3.63) is 11.4 Å². The lowest BCUT2D eigenvalue weighted by molar-refractivity contribution is 0.542. The highest BCUT2D eigenvalue weighted by Crippen LogP contribution is 2.30. The molecule has 0 aliphatic carbocycles. The largest absolute Gasteiger partial charge is 0.383 e. The van der Waals surface area contributed by atoms with E-state index in [-0.39, 0.29) is 5.41 Å². The average Bonchev–Trinajstić information content (AvgIpc) is 2.32. The summed E-state index contributed by atoms with van der Waals surface area (Å²) in [4.78, 5) is 11.6. The second kappa shape index (κ2) is 5.19. The Hall–Kier alpha value is -0.970. The summed E-state index contributed by atoms with van der Waals surface area (Å²) in [5.74, 6) is 4.76. The Labute approximate surface area is 120 Å². The van der Waals surface area contributed by atoms with Gasteiger partial charge in [0.15, 0.2) is 0 Å². The van der Waals surface area contributed by atoms with Crippen LogP contribution < -0.4 is 10.6 Å². The lowest BCUT2D eigenvalue weighted by Gasteiger charge is -2.35. The number of hydrogen-bond acceptors (Lipinski definition) is 5. The van der Waals surface area contributed by atoms with Crippen molar-refractivity contribution in [1.82, 2.24) is 9.97 Å². The van der Waals surface area contributed by atoms with Crippen LogP contribution in [0.2, 0.25) is 0 Å². The standard InChI is InChI=1S/C14H24N4S/c1-9-8-19-7-6-18(9)12-10(2)11(15)16-13(17-12)14(3,4)5/h9H,6-8H2,1-5H3,(H2,15,16,17). The molecule has 1 aliphatic heterocycles. The summed E-state index contributed by atoms with van der Waals surface area (Å²) in [6.07, 6.45) is 0. The van der Waals surface area contributed by atoms with Crippen LogP contribution >= 0.6 is 11.8 Å². The maximum Gasteiger partial charge on any atom is 0.138 e. The van der Waals surface area contributed by atoms with E-state index in [1.807, 2.05) is 18.7 Å². The average molecular weight is 280 g/mol. The van der Waals surface area contributed by atoms with Crippen LogP contribution in [0.15, 0.2) is 0 Å². The van der Waals surface area contributed by atoms with Crippen LogP contribution in [0, 0.1) is 6.92 Å². The van der Waals surface area contributed by atoms with Crippen molar-refractivity contribution in [1.29, 1.82) is 0 Å². The first kappa shape index (κ1) is 14.4. The third kappa shape index (κ3) is 2.96. The SMILES string of the molecule is Cc1c(N)nc(C(C)(C)C)nc1N1CCSCC1C. The number of nitrogen functional groups attached to an aromatic ring is 1. The molecule has 1 unspecified atom stereocenters. The number of hydrogen-bond donors (Lipinski definition) is 1. The summed E-state index contributed by atoms with van der Waals surface area (Å²) in [5, 5.41) is 0. The van der Waals surface area contributed by atoms with E-state index >= 15 is 0 Å². The predicted octanol–water partition coefficient (Wildman–Crippen LogP) is 2.61. The Bertz CT molecular complexity index is 467. The normalized spacial score (nSPS) is 20.7. The molecule has 4 nitrogen and oxygen atoms in total. The number of nitrogens with zero attached hydrogens (tertiary/aromatic N) is 3. The Morgan fingerprint density at radius 2 is 2.00 bits per heavy atom. The number of rotatable bonds is 1. The van der Waals surface area contributed by atoms with Crippen molar-refractivity contribution < 1.29 is 0 Å². The molecule has 0 saturated carbocycles. The van der Waals surface area contributed by atoms with Crippen molar-refractivity contribution in [2.75, 3.05) is 28.7 Å². The lowest BCUT2D eigenvalue weighted by Crippen LogP contribution is -2.42. The monoisotopic (exact) mass is 280 g/mol. The van der Waals surface area contributed by atoms with E-state index in [0.717, 1.165) is 35.3 Å². The zero-order valence-electron chi connectivity index (χ0n) is 12.5. The summed E-state index contributed by atoms with van der Waals surface area (Å²) in [7, 11) is 0. The van der Waals surface area contributed by atoms with E-state index < -0.39 is 0 Å². The number of aromatic nitrogens is 2. The molecule has 1 fully saturated rings. The van der Waals surface area contributed by atoms with Gasteiger partial charge in [-0.25, -0.2) is 9.97 Å². The summed E-state index contributed by atoms with van der Waals surface area (Å²) in [6.45, 7) is 11.7. The quantitative estimate of drug-likeness (QED) is 0.857. The molecule has 1 aromatic heterocycles. The molecular weight excluding hydrogens is 256 g/mol. The van der Waals surface area contributed by atoms with Gasteiger partial charge >= 0.3 is 0 Å². The molecular formula is C14H24N4S. The van der Waals surface area contributed by atoms with Gasteiger partial charge < -0.3 is 10.6 Å². The van der Waals surface area contributed by atoms with Crippen LogP contribution in [-0.4, -0.2) is 34.1 Å². The van der Waals surface area contributed by atoms with E-state index in [0.29, 0.717) is 11.9 Å². The molecule has 0 radical (unpaired) electrons. The van der Waals surface area contributed by atoms with Gasteiger partial charge in [-0.3, -0.25) is 0 Å². The van der Waals surface area contributed by atoms with Gasteiger partial charge in [0.1, 0.15) is 17.5 Å². The van der Waals surface area contributed by atoms with Crippen LogP contribution in [0.1, 0.15) is 39.1 Å². The number of anilines is 2. The van der Waals surface area contributed by atoms with E-state index in [4.69, 9.17) is 10.7 Å². The zero-order chi connectivity index (χ0) is 14.2. The maximum atomic E-state index is 6.09. The zero-order valence-corrected chi connectivity index (χ0v) is 13.3. The second-order valence-corrected chi connectivity index (χ2v) is 7.40. The lowest BCUT2D eigenvalue weighted by atomic mass is 9.95. The van der Waals surface area contributed by atoms with Gasteiger partial charge in [0.05, 0.1) is 0 Å². The fraction of sp³-hybridized carbons (Fsp3) is 0.714. The first-order valence-electron chi connectivity index (χ1n) is 6.79. The Morgan fingerprint density at radius 3 is 2.58 bits per heavy atom. The third-order valence-electron chi connectivity index (χ3n) is 3.47. The molecule has 2 heterocycles. The maximum absolute atomic E-state index is 6.09. The van der Waals surface area contributed by atoms with Gasteiger partial charge in [-0.2, -0.15) is 11.8 Å². The van der Waals surface area contributed by atoms with Crippen molar-refractivity contribution >= 4 is 23.4 Å². The first-order chi connectivity index (χ1) is 8.80. The van der Waals surface area contributed by atoms with Crippen LogP contribution in [0.3, 0.4) is 0 Å². The molecule has 106 valence electrons. The molecule has 1 atom stereocenters. The van der Waals surface area contributed by atoms with Gasteiger partial charge in [0.2, 0.25) is 0 Å². The molecule has 0 aromatic carbocycles. The molecule has 1 aliphatic rings. The topological polar surface area (TPSA) is 55.0 Å². The van der Waals surface area contributed by atoms with E-state index in [1.54, 1.807) is 0 Å². The van der Waals surface area contributed by atoms with Crippen molar-refractivity contribution in [3.63, 3.8) is 0 Å². The summed E-state index contributed by atoms with van der Waals surface area (Å²) < 4.78 is 0. The molecule has 1 aromatic rings. The fourth-order valence-corrected chi connectivity index (χ4v) is 3.19. The molecule has 1 saturated heterocycles. The highest BCUT2D eigenvalue weighted by Gasteiger charge is 2.26. The Kier molecular flexibility index (Phi) is 3.95. The Balaban J connectivity index is 2.46. The van der Waals surface area contributed by atoms with Crippen LogP contribution in [0.25, 0.3) is 0 Å². The highest BCUT2D eigenvalue weighted by molar-refractivity contribution is 7.99. The highest BCUT2D eigenvalue weighted by atomic mass is 32.2. The molecule has 5 heteroatoms. The molecule has 0 amide bonds. The molecule has 2 N–H and O–H groups in total. The smallest absolute Gasteiger partial charge is 0.138 e. The predicted molar refractivity (Wildman–Crippen MR) is 84.0 cm³/mol. The molecule has 2 rings (SSSR count). The van der Waals surface area contributed by atoms with E-state index in [9.17, 15) is 0 Å². The summed E-state index contributed by atoms with van der Waals surface area (Å²) in [5.41, 5.74) is 7.01. The number of thioether (sulfide) groups is 1. The van der Waals surface area contributed by atoms with Crippen molar-refractivity contribution in [2.24, 2.45) is 0 Å². The number of nitrogens with two attached hydrogens (primary N) is 1. The van der Waals surface area contributed by atoms with Gasteiger partial charge in [0.25, 0.3) is 0 Å². The van der Waals surface area contributed by atoms with Crippen LogP contribution in [0.5, 0.6) is 0 Å². The summed E-state index contributed by atoms with van der Waals surface area (Å²) >= 11 is 2.00. The summed E-state index contributed by atoms with van der Waals surface area (Å²) in [6, 6.07) is 0.500. The van der Waals surface area contributed by atoms with Crippen molar-refractivity contribution in [3.8, 4) is 0 Å². The minimum atomic E-state index is -0.0790. The minimum Gasteiger partial charge on any atom is -0.383 e. The van der Waals surface area contributed by atoms with Gasteiger partial charge in [-0.1, -0.05) is 20.8 Å². The second-order valence-electron chi connectivity index (χ2n) is 6.25. The molecule has 19 heavy (non-hydrogen) atoms. The van der Waals surface area contributed by atoms with Crippen LogP contribution in [-0.2, 0) is 5.41 Å². The van der Waals surface area contributed by atoms with Gasteiger partial charge in [0, 0.05) is 35.1 Å². The van der Waals surface area contributed by atoms with E-state index in [2.05, 4.69) is 37.6 Å². The Morgan fingerprint density at radius 1 is 1.32 bits per heavy atom. The minimum absolute atomic E-state index is 0.0790. The fourth-order valence-electron chi connectivity index (χ4n) is 2.18. The van der Waals surface area contributed by atoms with Gasteiger partial charge in [-0.05, 0) is 13.8 Å². The molecule has 0 bridgehead atoms. The first-order valence-corrected chi connectivity index (χ1v) is 7.95. The molecule has 0 spiro atoms.